The largest absolute Gasteiger partial charge is 0.388 e. The second-order valence-electron chi connectivity index (χ2n) is 5.94. The zero-order valence-corrected chi connectivity index (χ0v) is 13.9. The van der Waals surface area contributed by atoms with E-state index in [1.807, 2.05) is 6.92 Å². The second-order valence-corrected chi connectivity index (χ2v) is 5.94. The first-order chi connectivity index (χ1) is 11.5. The lowest BCUT2D eigenvalue weighted by molar-refractivity contribution is -0.0565. The number of nitrogens with one attached hydrogen (secondary N) is 2. The van der Waals surface area contributed by atoms with Crippen LogP contribution in [0, 0.1) is 11.6 Å². The monoisotopic (exact) mass is 341 g/mol. The number of aliphatic hydroxyl groups is 1. The minimum absolute atomic E-state index is 0.278. The highest BCUT2D eigenvalue weighted by Gasteiger charge is 2.29. The third-order valence-corrected chi connectivity index (χ3v) is 3.99. The molecule has 7 heteroatoms. The highest BCUT2D eigenvalue weighted by Crippen LogP contribution is 2.20. The Morgan fingerprint density at radius 3 is 2.75 bits per heavy atom. The average Bonchev–Trinajstić information content (AvgIpc) is 2.56. The number of hydrogen-bond donors (Lipinski definition) is 3. The summed E-state index contributed by atoms with van der Waals surface area (Å²) in [5, 5.41) is 16.6. The molecule has 0 amide bonds. The SMILES string of the molecule is CCNC(=NCC1(O)CCOCC1)NCCc1cc(F)ccc1F. The fraction of sp³-hybridized carbons (Fsp3) is 0.588. The molecule has 1 aliphatic rings. The molecule has 0 radical (unpaired) electrons. The van der Waals surface area contributed by atoms with E-state index in [0.717, 1.165) is 12.1 Å². The Labute approximate surface area is 141 Å². The van der Waals surface area contributed by atoms with Gasteiger partial charge in [-0.2, -0.15) is 0 Å². The molecule has 1 aliphatic heterocycles. The van der Waals surface area contributed by atoms with Crippen molar-refractivity contribution in [3.05, 3.63) is 35.4 Å². The zero-order chi connectivity index (χ0) is 17.4. The Morgan fingerprint density at radius 1 is 1.29 bits per heavy atom. The molecule has 0 atom stereocenters. The summed E-state index contributed by atoms with van der Waals surface area (Å²) in [5.74, 6) is -0.320. The fourth-order valence-electron chi connectivity index (χ4n) is 2.53. The van der Waals surface area contributed by atoms with Gasteiger partial charge in [-0.25, -0.2) is 8.78 Å². The second kappa shape index (κ2) is 8.94. The van der Waals surface area contributed by atoms with Gasteiger partial charge in [-0.3, -0.25) is 4.99 Å². The van der Waals surface area contributed by atoms with Crippen molar-refractivity contribution in [2.24, 2.45) is 4.99 Å². The van der Waals surface area contributed by atoms with Gasteiger partial charge in [0, 0.05) is 39.1 Å². The van der Waals surface area contributed by atoms with Gasteiger partial charge in [0.15, 0.2) is 5.96 Å². The quantitative estimate of drug-likeness (QED) is 0.543. The van der Waals surface area contributed by atoms with Crippen molar-refractivity contribution < 1.29 is 18.6 Å². The lowest BCUT2D eigenvalue weighted by Crippen LogP contribution is -2.43. The number of aliphatic imine (C=N–C) groups is 1. The van der Waals surface area contributed by atoms with Crippen molar-refractivity contribution in [1.82, 2.24) is 10.6 Å². The van der Waals surface area contributed by atoms with Crippen molar-refractivity contribution >= 4 is 5.96 Å². The Hall–Kier alpha value is -1.73. The molecule has 5 nitrogen and oxygen atoms in total. The first-order valence-corrected chi connectivity index (χ1v) is 8.29. The molecule has 24 heavy (non-hydrogen) atoms. The molecule has 0 bridgehead atoms. The third kappa shape index (κ3) is 5.72. The van der Waals surface area contributed by atoms with Crippen LogP contribution < -0.4 is 10.6 Å². The lowest BCUT2D eigenvalue weighted by Gasteiger charge is -2.30. The topological polar surface area (TPSA) is 65.9 Å². The maximum atomic E-state index is 13.6. The van der Waals surface area contributed by atoms with E-state index in [1.54, 1.807) is 0 Å². The van der Waals surface area contributed by atoms with E-state index >= 15 is 0 Å². The summed E-state index contributed by atoms with van der Waals surface area (Å²) >= 11 is 0. The average molecular weight is 341 g/mol. The van der Waals surface area contributed by atoms with Crippen LogP contribution in [0.25, 0.3) is 0 Å². The van der Waals surface area contributed by atoms with Gasteiger partial charge in [-0.05, 0) is 37.1 Å². The van der Waals surface area contributed by atoms with Crippen molar-refractivity contribution in [1.29, 1.82) is 0 Å². The van der Waals surface area contributed by atoms with Gasteiger partial charge in [0.1, 0.15) is 11.6 Å². The first-order valence-electron chi connectivity index (χ1n) is 8.29. The van der Waals surface area contributed by atoms with Crippen molar-refractivity contribution in [2.45, 2.75) is 31.8 Å². The van der Waals surface area contributed by atoms with Crippen molar-refractivity contribution in [3.63, 3.8) is 0 Å². The number of guanidine groups is 1. The smallest absolute Gasteiger partial charge is 0.191 e. The molecule has 1 saturated heterocycles. The summed E-state index contributed by atoms with van der Waals surface area (Å²) in [6.45, 7) is 4.37. The van der Waals surface area contributed by atoms with E-state index in [4.69, 9.17) is 4.74 Å². The van der Waals surface area contributed by atoms with E-state index in [0.29, 0.717) is 57.1 Å². The summed E-state index contributed by atoms with van der Waals surface area (Å²) in [6, 6.07) is 3.43. The van der Waals surface area contributed by atoms with Gasteiger partial charge in [0.05, 0.1) is 12.1 Å². The molecular formula is C17H25F2N3O2. The van der Waals surface area contributed by atoms with E-state index in [-0.39, 0.29) is 6.54 Å². The van der Waals surface area contributed by atoms with E-state index in [2.05, 4.69) is 15.6 Å². The minimum Gasteiger partial charge on any atom is -0.388 e. The van der Waals surface area contributed by atoms with Crippen LogP contribution in [0.15, 0.2) is 23.2 Å². The molecule has 3 N–H and O–H groups in total. The van der Waals surface area contributed by atoms with Crippen molar-refractivity contribution in [3.8, 4) is 0 Å². The maximum Gasteiger partial charge on any atom is 0.191 e. The van der Waals surface area contributed by atoms with Crippen LogP contribution in [0.4, 0.5) is 8.78 Å². The highest BCUT2D eigenvalue weighted by molar-refractivity contribution is 5.79. The van der Waals surface area contributed by atoms with Gasteiger partial charge < -0.3 is 20.5 Å². The Balaban J connectivity index is 1.88. The van der Waals surface area contributed by atoms with Gasteiger partial charge in [0.2, 0.25) is 0 Å². The molecule has 1 aromatic carbocycles. The van der Waals surface area contributed by atoms with Crippen LogP contribution in [-0.2, 0) is 11.2 Å². The minimum atomic E-state index is -0.838. The standard InChI is InChI=1S/C17H25F2N3O2/c1-2-20-16(22-12-17(23)6-9-24-10-7-17)21-8-5-13-11-14(18)3-4-15(13)19/h3-4,11,23H,2,5-10,12H2,1H3,(H2,20,21,22). The molecule has 2 rings (SSSR count). The predicted octanol–water partition coefficient (Wildman–Crippen LogP) is 1.60. The Morgan fingerprint density at radius 2 is 2.04 bits per heavy atom. The summed E-state index contributed by atoms with van der Waals surface area (Å²) in [6.07, 6.45) is 1.46. The van der Waals surface area contributed by atoms with E-state index < -0.39 is 17.2 Å². The zero-order valence-electron chi connectivity index (χ0n) is 13.9. The van der Waals surface area contributed by atoms with Crippen LogP contribution in [0.1, 0.15) is 25.3 Å². The van der Waals surface area contributed by atoms with Crippen LogP contribution in [-0.4, -0.2) is 49.5 Å². The lowest BCUT2D eigenvalue weighted by atomic mass is 9.95. The van der Waals surface area contributed by atoms with Crippen LogP contribution in [0.2, 0.25) is 0 Å². The van der Waals surface area contributed by atoms with Gasteiger partial charge in [0.25, 0.3) is 0 Å². The molecule has 0 saturated carbocycles. The molecule has 0 aromatic heterocycles. The summed E-state index contributed by atoms with van der Waals surface area (Å²) in [7, 11) is 0. The van der Waals surface area contributed by atoms with Crippen LogP contribution in [0.3, 0.4) is 0 Å². The predicted molar refractivity (Wildman–Crippen MR) is 89.0 cm³/mol. The normalized spacial score (nSPS) is 17.6. The fourth-order valence-corrected chi connectivity index (χ4v) is 2.53. The van der Waals surface area contributed by atoms with E-state index in [9.17, 15) is 13.9 Å². The number of rotatable bonds is 6. The summed E-state index contributed by atoms with van der Waals surface area (Å²) < 4.78 is 32.0. The molecule has 1 aromatic rings. The van der Waals surface area contributed by atoms with Gasteiger partial charge >= 0.3 is 0 Å². The van der Waals surface area contributed by atoms with Crippen LogP contribution in [0.5, 0.6) is 0 Å². The summed E-state index contributed by atoms with van der Waals surface area (Å²) in [5.41, 5.74) is -0.517. The molecule has 0 unspecified atom stereocenters. The highest BCUT2D eigenvalue weighted by atomic mass is 19.1. The molecule has 1 fully saturated rings. The van der Waals surface area contributed by atoms with Crippen LogP contribution >= 0.6 is 0 Å². The molecule has 134 valence electrons. The molecule has 0 spiro atoms. The number of benzene rings is 1. The number of halogens is 2. The number of ether oxygens (including phenoxy) is 1. The van der Waals surface area contributed by atoms with Crippen molar-refractivity contribution in [2.75, 3.05) is 32.8 Å². The maximum absolute atomic E-state index is 13.6. The Bertz CT molecular complexity index is 561. The summed E-state index contributed by atoms with van der Waals surface area (Å²) in [4.78, 5) is 4.40. The van der Waals surface area contributed by atoms with Gasteiger partial charge in [-0.15, -0.1) is 0 Å². The number of nitrogens with zero attached hydrogens (tertiary/aromatic N) is 1. The van der Waals surface area contributed by atoms with Gasteiger partial charge in [-0.1, -0.05) is 0 Å². The molecule has 0 aliphatic carbocycles. The molecular weight excluding hydrogens is 316 g/mol. The number of hydrogen-bond acceptors (Lipinski definition) is 3. The third-order valence-electron chi connectivity index (χ3n) is 3.99. The first kappa shape index (κ1) is 18.6. The Kier molecular flexibility index (Phi) is 6.93. The van der Waals surface area contributed by atoms with E-state index in [1.165, 1.54) is 6.07 Å². The molecule has 1 heterocycles.